The fraction of sp³-hybridized carbons (Fsp3) is 0.533. The van der Waals surface area contributed by atoms with Gasteiger partial charge in [0, 0.05) is 18.7 Å². The van der Waals surface area contributed by atoms with E-state index >= 15 is 0 Å². The van der Waals surface area contributed by atoms with Crippen LogP contribution in [0.25, 0.3) is 0 Å². The average molecular weight is 362 g/mol. The summed E-state index contributed by atoms with van der Waals surface area (Å²) >= 11 is 0. The Morgan fingerprint density at radius 3 is 2.25 bits per heavy atom. The third kappa shape index (κ3) is 4.48. The molecule has 0 spiro atoms. The number of ether oxygens (including phenoxy) is 2. The molecule has 0 aliphatic rings. The Bertz CT molecular complexity index is 582. The number of amides is 1. The summed E-state index contributed by atoms with van der Waals surface area (Å²) < 4.78 is 10.1. The van der Waals surface area contributed by atoms with E-state index in [1.54, 1.807) is 0 Å². The van der Waals surface area contributed by atoms with Crippen molar-refractivity contribution >= 4 is 24.0 Å². The lowest BCUT2D eigenvalue weighted by molar-refractivity contribution is -0.386. The van der Waals surface area contributed by atoms with E-state index in [-0.39, 0.29) is 30.3 Å². The van der Waals surface area contributed by atoms with Crippen LogP contribution in [0.4, 0.5) is 5.69 Å². The Balaban J connectivity index is 0.00000529. The number of halogens is 1. The fourth-order valence-corrected chi connectivity index (χ4v) is 2.29. The highest BCUT2D eigenvalue weighted by Gasteiger charge is 2.32. The molecule has 0 saturated carbocycles. The van der Waals surface area contributed by atoms with Crippen LogP contribution in [-0.4, -0.2) is 37.1 Å². The predicted octanol–water partition coefficient (Wildman–Crippen LogP) is 2.28. The third-order valence-corrected chi connectivity index (χ3v) is 4.05. The van der Waals surface area contributed by atoms with Gasteiger partial charge in [-0.25, -0.2) is 0 Å². The van der Waals surface area contributed by atoms with Crippen LogP contribution in [-0.2, 0) is 0 Å². The van der Waals surface area contributed by atoms with Crippen LogP contribution in [0.3, 0.4) is 0 Å². The number of hydrogen-bond donors (Lipinski definition) is 2. The molecule has 0 aromatic heterocycles. The van der Waals surface area contributed by atoms with Gasteiger partial charge in [-0.05, 0) is 12.8 Å². The van der Waals surface area contributed by atoms with Gasteiger partial charge in [0.25, 0.3) is 5.91 Å². The van der Waals surface area contributed by atoms with Crippen LogP contribution in [0.15, 0.2) is 12.1 Å². The molecule has 3 N–H and O–H groups in total. The lowest BCUT2D eigenvalue weighted by Gasteiger charge is -2.31. The molecule has 0 aliphatic heterocycles. The minimum atomic E-state index is -0.644. The fourth-order valence-electron chi connectivity index (χ4n) is 2.29. The highest BCUT2D eigenvalue weighted by Crippen LogP contribution is 2.35. The van der Waals surface area contributed by atoms with Crippen molar-refractivity contribution in [3.8, 4) is 11.5 Å². The topological polar surface area (TPSA) is 117 Å². The van der Waals surface area contributed by atoms with Crippen molar-refractivity contribution < 1.29 is 19.2 Å². The quantitative estimate of drug-likeness (QED) is 0.542. The third-order valence-electron chi connectivity index (χ3n) is 4.05. The van der Waals surface area contributed by atoms with Crippen molar-refractivity contribution in [2.24, 2.45) is 5.73 Å². The molecular weight excluding hydrogens is 338 g/mol. The first kappa shape index (κ1) is 21.9. The zero-order chi connectivity index (χ0) is 17.6. The van der Waals surface area contributed by atoms with E-state index < -0.39 is 22.1 Å². The van der Waals surface area contributed by atoms with Gasteiger partial charge >= 0.3 is 5.69 Å². The molecule has 0 unspecified atom stereocenters. The minimum Gasteiger partial charge on any atom is -0.497 e. The maximum Gasteiger partial charge on any atom is 0.323 e. The second-order valence-corrected chi connectivity index (χ2v) is 5.13. The maximum absolute atomic E-state index is 12.6. The van der Waals surface area contributed by atoms with Gasteiger partial charge in [-0.2, -0.15) is 0 Å². The lowest BCUT2D eigenvalue weighted by Crippen LogP contribution is -2.53. The second kappa shape index (κ2) is 9.29. The zero-order valence-electron chi connectivity index (χ0n) is 14.3. The van der Waals surface area contributed by atoms with Crippen LogP contribution in [0.1, 0.15) is 37.0 Å². The van der Waals surface area contributed by atoms with Crippen molar-refractivity contribution in [1.82, 2.24) is 5.32 Å². The normalized spacial score (nSPS) is 10.5. The zero-order valence-corrected chi connectivity index (χ0v) is 15.1. The van der Waals surface area contributed by atoms with Gasteiger partial charge in [-0.15, -0.1) is 12.4 Å². The highest BCUT2D eigenvalue weighted by molar-refractivity contribution is 6.00. The molecule has 0 radical (unpaired) electrons. The lowest BCUT2D eigenvalue weighted by atomic mass is 9.92. The molecule has 1 aromatic carbocycles. The van der Waals surface area contributed by atoms with Gasteiger partial charge in [0.15, 0.2) is 0 Å². The van der Waals surface area contributed by atoms with Gasteiger partial charge in [0.2, 0.25) is 5.75 Å². The van der Waals surface area contributed by atoms with Crippen LogP contribution < -0.4 is 20.5 Å². The Labute approximate surface area is 147 Å². The first-order chi connectivity index (χ1) is 10.9. The Morgan fingerprint density at radius 2 is 1.88 bits per heavy atom. The van der Waals surface area contributed by atoms with E-state index in [0.717, 1.165) is 0 Å². The largest absolute Gasteiger partial charge is 0.497 e. The molecule has 1 rings (SSSR count). The molecule has 8 nitrogen and oxygen atoms in total. The number of nitrogens with one attached hydrogen (secondary N) is 1. The van der Waals surface area contributed by atoms with E-state index in [2.05, 4.69) is 5.32 Å². The summed E-state index contributed by atoms with van der Waals surface area (Å²) in [6, 6.07) is 2.69. The number of carbonyl (C=O) groups excluding carboxylic acids is 1. The molecule has 9 heteroatoms. The number of nitrogens with zero attached hydrogens (tertiary/aromatic N) is 1. The summed E-state index contributed by atoms with van der Waals surface area (Å²) in [5, 5.41) is 14.2. The highest BCUT2D eigenvalue weighted by atomic mass is 35.5. The van der Waals surface area contributed by atoms with Gasteiger partial charge in [-0.3, -0.25) is 14.9 Å². The van der Waals surface area contributed by atoms with Crippen molar-refractivity contribution in [1.29, 1.82) is 0 Å². The summed E-state index contributed by atoms with van der Waals surface area (Å²) in [6.45, 7) is 4.04. The van der Waals surface area contributed by atoms with Gasteiger partial charge in [-0.1, -0.05) is 13.8 Å². The number of nitro benzene ring substituents is 1. The van der Waals surface area contributed by atoms with Crippen molar-refractivity contribution in [2.45, 2.75) is 32.2 Å². The first-order valence-corrected chi connectivity index (χ1v) is 7.31. The van der Waals surface area contributed by atoms with Gasteiger partial charge < -0.3 is 20.5 Å². The van der Waals surface area contributed by atoms with E-state index in [0.29, 0.717) is 18.6 Å². The predicted molar refractivity (Wildman–Crippen MR) is 93.3 cm³/mol. The molecular formula is C15H24ClN3O5. The molecule has 24 heavy (non-hydrogen) atoms. The van der Waals surface area contributed by atoms with E-state index in [1.807, 2.05) is 13.8 Å². The molecule has 1 amide bonds. The van der Waals surface area contributed by atoms with Gasteiger partial charge in [0.1, 0.15) is 11.3 Å². The number of rotatable bonds is 8. The monoisotopic (exact) mass is 361 g/mol. The Hall–Kier alpha value is -2.06. The number of carbonyl (C=O) groups is 1. The molecule has 136 valence electrons. The molecule has 0 bridgehead atoms. The molecule has 0 heterocycles. The van der Waals surface area contributed by atoms with Crippen molar-refractivity contribution in [3.63, 3.8) is 0 Å². The molecule has 0 fully saturated rings. The van der Waals surface area contributed by atoms with Crippen LogP contribution in [0, 0.1) is 10.1 Å². The van der Waals surface area contributed by atoms with E-state index in [4.69, 9.17) is 15.2 Å². The van der Waals surface area contributed by atoms with E-state index in [1.165, 1.54) is 26.4 Å². The summed E-state index contributed by atoms with van der Waals surface area (Å²) in [4.78, 5) is 23.3. The number of hydrogen-bond acceptors (Lipinski definition) is 6. The van der Waals surface area contributed by atoms with Crippen LogP contribution in [0.2, 0.25) is 0 Å². The molecule has 0 aliphatic carbocycles. The molecule has 1 aromatic rings. The van der Waals surface area contributed by atoms with Crippen LogP contribution in [0.5, 0.6) is 11.5 Å². The minimum absolute atomic E-state index is 0. The maximum atomic E-state index is 12.6. The van der Waals surface area contributed by atoms with Gasteiger partial charge in [0.05, 0.1) is 24.7 Å². The Kier molecular flexibility index (Phi) is 8.49. The van der Waals surface area contributed by atoms with Crippen molar-refractivity contribution in [3.05, 3.63) is 27.8 Å². The molecule has 0 atom stereocenters. The average Bonchev–Trinajstić information content (AvgIpc) is 2.58. The summed E-state index contributed by atoms with van der Waals surface area (Å²) in [6.07, 6.45) is 1.22. The summed E-state index contributed by atoms with van der Waals surface area (Å²) in [5.74, 6) is -0.321. The van der Waals surface area contributed by atoms with Crippen LogP contribution >= 0.6 is 12.4 Å². The van der Waals surface area contributed by atoms with E-state index in [9.17, 15) is 14.9 Å². The first-order valence-electron chi connectivity index (χ1n) is 7.31. The summed E-state index contributed by atoms with van der Waals surface area (Å²) in [7, 11) is 2.70. The number of benzene rings is 1. The number of nitro groups is 1. The second-order valence-electron chi connectivity index (χ2n) is 5.13. The standard InChI is InChI=1S/C15H23N3O5.ClH/c1-5-15(6-2,9-16)17-14(19)11-7-10(22-3)8-12(23-4)13(11)18(20)21;/h7-8H,5-6,9,16H2,1-4H3,(H,17,19);1H. The summed E-state index contributed by atoms with van der Waals surface area (Å²) in [5.41, 5.74) is 4.64. The molecule has 0 saturated heterocycles. The smallest absolute Gasteiger partial charge is 0.323 e. The SMILES string of the molecule is CCC(CC)(CN)NC(=O)c1cc(OC)cc(OC)c1[N+](=O)[O-].Cl. The number of nitrogens with two attached hydrogens (primary N) is 1. The number of methoxy groups -OCH3 is 2. The Morgan fingerprint density at radius 1 is 1.29 bits per heavy atom. The van der Waals surface area contributed by atoms with Crippen molar-refractivity contribution in [2.75, 3.05) is 20.8 Å².